The molecular formula is C16H14BrNO9. The number of carbonyl (C=O) groups is 3. The van der Waals surface area contributed by atoms with Crippen molar-refractivity contribution in [3.05, 3.63) is 38.7 Å². The van der Waals surface area contributed by atoms with E-state index < -0.39 is 36.1 Å². The highest BCUT2D eigenvalue weighted by Gasteiger charge is 2.22. The van der Waals surface area contributed by atoms with Crippen LogP contribution in [0.2, 0.25) is 0 Å². The molecule has 0 saturated carbocycles. The first-order valence-corrected chi connectivity index (χ1v) is 8.30. The Morgan fingerprint density at radius 1 is 1.22 bits per heavy atom. The van der Waals surface area contributed by atoms with Crippen LogP contribution in [-0.2, 0) is 20.9 Å². The molecule has 0 saturated heterocycles. The fraction of sp³-hybridized carbons (Fsp3) is 0.250. The number of aromatic hydroxyl groups is 1. The molecule has 0 bridgehead atoms. The van der Waals surface area contributed by atoms with Gasteiger partial charge in [0.05, 0.1) is 4.47 Å². The van der Waals surface area contributed by atoms with E-state index in [0.29, 0.717) is 9.86 Å². The van der Waals surface area contributed by atoms with Crippen LogP contribution in [0.25, 0.3) is 11.0 Å². The molecule has 2 aromatic rings. The molecule has 0 aliphatic carbocycles. The summed E-state index contributed by atoms with van der Waals surface area (Å²) in [5.41, 5.74) is -0.380. The molecular weight excluding hydrogens is 430 g/mol. The van der Waals surface area contributed by atoms with E-state index in [1.54, 1.807) is 0 Å². The third-order valence-corrected chi connectivity index (χ3v) is 4.13. The van der Waals surface area contributed by atoms with E-state index in [1.165, 1.54) is 12.1 Å². The zero-order valence-electron chi connectivity index (χ0n) is 13.6. The predicted octanol–water partition coefficient (Wildman–Crippen LogP) is 1.81. The van der Waals surface area contributed by atoms with E-state index >= 15 is 0 Å². The van der Waals surface area contributed by atoms with Crippen molar-refractivity contribution in [2.24, 2.45) is 0 Å². The number of carboxylic acids is 2. The van der Waals surface area contributed by atoms with E-state index in [4.69, 9.17) is 19.4 Å². The summed E-state index contributed by atoms with van der Waals surface area (Å²) in [4.78, 5) is 45.0. The number of phenolic OH excluding ortho intramolecular Hbond substituents is 1. The highest BCUT2D eigenvalue weighted by atomic mass is 79.9. The maximum absolute atomic E-state index is 11.8. The third kappa shape index (κ3) is 5.45. The summed E-state index contributed by atoms with van der Waals surface area (Å²) in [5, 5.41) is 29.7. The Morgan fingerprint density at radius 3 is 2.56 bits per heavy atom. The second kappa shape index (κ2) is 8.54. The standard InChI is InChI=1S/C16H14BrNO9/c17-9-4-8-7(3-14(22)27-12(8)5-11(9)19)6-26-16(25)18-10(15(23)24)1-2-13(20)21/h3-5,10,19H,1-2,6H2,(H,18,25)(H,20,21)(H,23,24)/t10-/m0/s1. The topological polar surface area (TPSA) is 163 Å². The molecule has 1 amide bonds. The fourth-order valence-electron chi connectivity index (χ4n) is 2.21. The number of carboxylic acid groups (broad SMARTS) is 2. The molecule has 1 aromatic heterocycles. The van der Waals surface area contributed by atoms with Crippen LogP contribution in [0.15, 0.2) is 31.9 Å². The molecule has 0 fully saturated rings. The first kappa shape index (κ1) is 20.2. The molecule has 4 N–H and O–H groups in total. The van der Waals surface area contributed by atoms with E-state index in [1.807, 2.05) is 0 Å². The van der Waals surface area contributed by atoms with Gasteiger partial charge in [-0.25, -0.2) is 14.4 Å². The van der Waals surface area contributed by atoms with Gasteiger partial charge in [-0.2, -0.15) is 0 Å². The number of benzene rings is 1. The summed E-state index contributed by atoms with van der Waals surface area (Å²) in [6.07, 6.45) is -1.85. The molecule has 0 aliphatic heterocycles. The first-order valence-electron chi connectivity index (χ1n) is 7.50. The first-order chi connectivity index (χ1) is 12.7. The Labute approximate surface area is 159 Å². The van der Waals surface area contributed by atoms with Crippen molar-refractivity contribution >= 4 is 44.9 Å². The minimum atomic E-state index is -1.43. The average Bonchev–Trinajstić information content (AvgIpc) is 2.57. The van der Waals surface area contributed by atoms with Gasteiger partial charge in [0, 0.05) is 29.5 Å². The number of nitrogens with one attached hydrogen (secondary N) is 1. The Morgan fingerprint density at radius 2 is 1.93 bits per heavy atom. The van der Waals surface area contributed by atoms with Crippen LogP contribution in [0.5, 0.6) is 5.75 Å². The number of halogens is 1. The van der Waals surface area contributed by atoms with Crippen LogP contribution in [0.4, 0.5) is 4.79 Å². The number of fused-ring (bicyclic) bond motifs is 1. The minimum Gasteiger partial charge on any atom is -0.507 e. The fourth-order valence-corrected chi connectivity index (χ4v) is 2.55. The lowest BCUT2D eigenvalue weighted by Gasteiger charge is -2.14. The number of alkyl carbamates (subject to hydrolysis) is 1. The molecule has 27 heavy (non-hydrogen) atoms. The molecule has 11 heteroatoms. The molecule has 144 valence electrons. The van der Waals surface area contributed by atoms with Gasteiger partial charge in [-0.1, -0.05) is 0 Å². The van der Waals surface area contributed by atoms with Gasteiger partial charge >= 0.3 is 23.7 Å². The summed E-state index contributed by atoms with van der Waals surface area (Å²) in [6, 6.07) is 2.35. The molecule has 0 unspecified atom stereocenters. The highest BCUT2D eigenvalue weighted by molar-refractivity contribution is 9.10. The summed E-state index contributed by atoms with van der Waals surface area (Å²) in [6.45, 7) is -0.379. The zero-order chi connectivity index (χ0) is 20.1. The monoisotopic (exact) mass is 443 g/mol. The molecule has 0 spiro atoms. The maximum atomic E-state index is 11.8. The van der Waals surface area contributed by atoms with Gasteiger partial charge in [0.25, 0.3) is 0 Å². The number of aliphatic carboxylic acids is 2. The van der Waals surface area contributed by atoms with Crippen LogP contribution < -0.4 is 10.9 Å². The van der Waals surface area contributed by atoms with Crippen molar-refractivity contribution in [1.82, 2.24) is 5.32 Å². The van der Waals surface area contributed by atoms with Gasteiger partial charge in [-0.3, -0.25) is 4.79 Å². The van der Waals surface area contributed by atoms with Crippen molar-refractivity contribution < 1.29 is 38.9 Å². The van der Waals surface area contributed by atoms with Crippen molar-refractivity contribution in [3.63, 3.8) is 0 Å². The van der Waals surface area contributed by atoms with E-state index in [2.05, 4.69) is 21.2 Å². The van der Waals surface area contributed by atoms with Crippen LogP contribution in [0, 0.1) is 0 Å². The summed E-state index contributed by atoms with van der Waals surface area (Å²) < 4.78 is 10.2. The molecule has 1 atom stereocenters. The Balaban J connectivity index is 2.12. The van der Waals surface area contributed by atoms with Crippen molar-refractivity contribution in [3.8, 4) is 5.75 Å². The lowest BCUT2D eigenvalue weighted by molar-refractivity contribution is -0.140. The number of phenols is 1. The van der Waals surface area contributed by atoms with Crippen LogP contribution in [-0.4, -0.2) is 39.4 Å². The minimum absolute atomic E-state index is 0.0760. The second-order valence-corrected chi connectivity index (χ2v) is 6.29. The number of hydrogen-bond acceptors (Lipinski definition) is 7. The molecule has 1 aromatic carbocycles. The number of amides is 1. The molecule has 0 aliphatic rings. The normalized spacial score (nSPS) is 11.7. The van der Waals surface area contributed by atoms with Crippen LogP contribution in [0.3, 0.4) is 0 Å². The number of rotatable bonds is 7. The third-order valence-electron chi connectivity index (χ3n) is 3.49. The quantitative estimate of drug-likeness (QED) is 0.466. The number of hydrogen-bond donors (Lipinski definition) is 4. The largest absolute Gasteiger partial charge is 0.507 e. The summed E-state index contributed by atoms with van der Waals surface area (Å²) in [5.74, 6) is -2.75. The summed E-state index contributed by atoms with van der Waals surface area (Å²) >= 11 is 3.12. The SMILES string of the molecule is O=C(O)CC[C@H](NC(=O)OCc1cc(=O)oc2cc(O)c(Br)cc12)C(=O)O. The van der Waals surface area contributed by atoms with Crippen LogP contribution in [0.1, 0.15) is 18.4 Å². The lowest BCUT2D eigenvalue weighted by atomic mass is 10.1. The van der Waals surface area contributed by atoms with Gasteiger partial charge in [-0.15, -0.1) is 0 Å². The van der Waals surface area contributed by atoms with Gasteiger partial charge < -0.3 is 29.8 Å². The van der Waals surface area contributed by atoms with Gasteiger partial charge in [-0.05, 0) is 28.4 Å². The Bertz CT molecular complexity index is 953. The highest BCUT2D eigenvalue weighted by Crippen LogP contribution is 2.30. The maximum Gasteiger partial charge on any atom is 0.408 e. The van der Waals surface area contributed by atoms with E-state index in [9.17, 15) is 24.3 Å². The van der Waals surface area contributed by atoms with Crippen molar-refractivity contribution in [2.45, 2.75) is 25.5 Å². The van der Waals surface area contributed by atoms with Gasteiger partial charge in [0.2, 0.25) is 0 Å². The van der Waals surface area contributed by atoms with E-state index in [-0.39, 0.29) is 29.9 Å². The molecule has 10 nitrogen and oxygen atoms in total. The van der Waals surface area contributed by atoms with Crippen LogP contribution >= 0.6 is 15.9 Å². The number of carbonyl (C=O) groups excluding carboxylic acids is 1. The van der Waals surface area contributed by atoms with Gasteiger partial charge in [0.15, 0.2) is 0 Å². The molecule has 1 heterocycles. The van der Waals surface area contributed by atoms with Crippen molar-refractivity contribution in [1.29, 1.82) is 0 Å². The predicted molar refractivity (Wildman–Crippen MR) is 93.5 cm³/mol. The van der Waals surface area contributed by atoms with Gasteiger partial charge in [0.1, 0.15) is 24.0 Å². The number of ether oxygens (including phenoxy) is 1. The molecule has 2 rings (SSSR count). The summed E-state index contributed by atoms with van der Waals surface area (Å²) in [7, 11) is 0. The van der Waals surface area contributed by atoms with Crippen molar-refractivity contribution in [2.75, 3.05) is 0 Å². The second-order valence-electron chi connectivity index (χ2n) is 5.43. The Kier molecular flexibility index (Phi) is 6.40. The van der Waals surface area contributed by atoms with E-state index in [0.717, 1.165) is 6.07 Å². The zero-order valence-corrected chi connectivity index (χ0v) is 15.2. The average molecular weight is 444 g/mol. The molecule has 0 radical (unpaired) electrons. The Hall–Kier alpha value is -3.08. The lowest BCUT2D eigenvalue weighted by Crippen LogP contribution is -2.41. The smallest absolute Gasteiger partial charge is 0.408 e.